The number of nitrogens with one attached hydrogen (secondary N) is 1. The van der Waals surface area contributed by atoms with Crippen LogP contribution in [0.3, 0.4) is 0 Å². The maximum Gasteiger partial charge on any atom is 0.291 e. The van der Waals surface area contributed by atoms with Crippen LogP contribution >= 0.6 is 11.6 Å². The van der Waals surface area contributed by atoms with E-state index in [0.29, 0.717) is 21.7 Å². The van der Waals surface area contributed by atoms with Crippen molar-refractivity contribution >= 4 is 44.9 Å². The number of hydrogen-bond donors (Lipinski definition) is 1. The van der Waals surface area contributed by atoms with Gasteiger partial charge in [0.2, 0.25) is 0 Å². The van der Waals surface area contributed by atoms with Crippen molar-refractivity contribution in [2.75, 3.05) is 5.32 Å². The van der Waals surface area contributed by atoms with E-state index in [-0.39, 0.29) is 11.2 Å². The van der Waals surface area contributed by atoms with Crippen molar-refractivity contribution in [3.05, 3.63) is 87.7 Å². The third-order valence-electron chi connectivity index (χ3n) is 3.92. The molecule has 0 aliphatic carbocycles. The van der Waals surface area contributed by atoms with Crippen LogP contribution in [0.1, 0.15) is 10.6 Å². The molecule has 4 aromatic rings. The minimum Gasteiger partial charge on any atom is -0.451 e. The molecule has 1 amide bonds. The zero-order chi connectivity index (χ0) is 17.4. The average molecular weight is 350 g/mol. The van der Waals surface area contributed by atoms with Crippen LogP contribution in [0.5, 0.6) is 0 Å². The molecule has 1 heterocycles. The van der Waals surface area contributed by atoms with Gasteiger partial charge in [0.05, 0.1) is 5.39 Å². The molecule has 1 N–H and O–H groups in total. The summed E-state index contributed by atoms with van der Waals surface area (Å²) in [6.45, 7) is 0. The van der Waals surface area contributed by atoms with E-state index in [1.807, 2.05) is 36.4 Å². The van der Waals surface area contributed by atoms with Crippen molar-refractivity contribution in [2.24, 2.45) is 0 Å². The normalized spacial score (nSPS) is 10.9. The van der Waals surface area contributed by atoms with E-state index in [0.717, 1.165) is 10.8 Å². The fourth-order valence-electron chi connectivity index (χ4n) is 2.70. The van der Waals surface area contributed by atoms with Crippen LogP contribution in [0, 0.1) is 0 Å². The summed E-state index contributed by atoms with van der Waals surface area (Å²) in [7, 11) is 0. The molecule has 4 nitrogen and oxygen atoms in total. The van der Waals surface area contributed by atoms with Crippen molar-refractivity contribution < 1.29 is 9.21 Å². The summed E-state index contributed by atoms with van der Waals surface area (Å²) >= 11 is 5.89. The van der Waals surface area contributed by atoms with Gasteiger partial charge in [-0.05, 0) is 41.1 Å². The molecule has 0 bridgehead atoms. The smallest absolute Gasteiger partial charge is 0.291 e. The molecule has 0 fully saturated rings. The first-order valence-corrected chi connectivity index (χ1v) is 8.01. The number of carbonyl (C=O) groups excluding carboxylic acids is 1. The Morgan fingerprint density at radius 3 is 2.56 bits per heavy atom. The molecule has 0 unspecified atom stereocenters. The molecule has 0 aliphatic heterocycles. The van der Waals surface area contributed by atoms with Gasteiger partial charge in [-0.15, -0.1) is 0 Å². The number of benzene rings is 3. The lowest BCUT2D eigenvalue weighted by molar-refractivity contribution is 0.0997. The minimum absolute atomic E-state index is 0.0482. The quantitative estimate of drug-likeness (QED) is 0.562. The van der Waals surface area contributed by atoms with Crippen LogP contribution in [0.15, 0.2) is 75.9 Å². The Kier molecular flexibility index (Phi) is 3.75. The first-order valence-electron chi connectivity index (χ1n) is 7.64. The highest BCUT2D eigenvalue weighted by molar-refractivity contribution is 6.31. The third kappa shape index (κ3) is 2.99. The summed E-state index contributed by atoms with van der Waals surface area (Å²) in [5, 5.41) is 5.62. The Hall–Kier alpha value is -3.11. The fraction of sp³-hybridized carbons (Fsp3) is 0. The van der Waals surface area contributed by atoms with Gasteiger partial charge in [-0.3, -0.25) is 9.59 Å². The van der Waals surface area contributed by atoms with E-state index in [4.69, 9.17) is 16.0 Å². The second-order valence-corrected chi connectivity index (χ2v) is 6.07. The van der Waals surface area contributed by atoms with E-state index in [1.165, 1.54) is 12.1 Å². The number of amides is 1. The van der Waals surface area contributed by atoms with Gasteiger partial charge in [0.1, 0.15) is 5.58 Å². The Bertz CT molecular complexity index is 1180. The predicted molar refractivity (Wildman–Crippen MR) is 99.4 cm³/mol. The molecule has 0 saturated carbocycles. The van der Waals surface area contributed by atoms with Gasteiger partial charge in [0.15, 0.2) is 11.2 Å². The summed E-state index contributed by atoms with van der Waals surface area (Å²) in [5.74, 6) is -0.530. The fourth-order valence-corrected chi connectivity index (χ4v) is 2.87. The Labute approximate surface area is 147 Å². The standard InChI is InChI=1S/C20H12ClNO3/c21-14-6-8-18-16(10-14)17(23)11-19(25-18)20(24)22-15-7-5-12-3-1-2-4-13(12)9-15/h1-11H,(H,22,24). The molecule has 0 spiro atoms. The number of fused-ring (bicyclic) bond motifs is 2. The lowest BCUT2D eigenvalue weighted by Crippen LogP contribution is -2.14. The minimum atomic E-state index is -0.482. The number of carbonyl (C=O) groups is 1. The monoisotopic (exact) mass is 349 g/mol. The van der Waals surface area contributed by atoms with E-state index in [9.17, 15) is 9.59 Å². The van der Waals surface area contributed by atoms with Crippen LogP contribution in [0.2, 0.25) is 5.02 Å². The van der Waals surface area contributed by atoms with Crippen LogP contribution in [0.4, 0.5) is 5.69 Å². The molecular formula is C20H12ClNO3. The maximum atomic E-state index is 12.4. The van der Waals surface area contributed by atoms with Crippen LogP contribution < -0.4 is 10.7 Å². The average Bonchev–Trinajstić information content (AvgIpc) is 2.62. The lowest BCUT2D eigenvalue weighted by atomic mass is 10.1. The Morgan fingerprint density at radius 1 is 0.920 bits per heavy atom. The number of halogens is 1. The number of anilines is 1. The number of hydrogen-bond acceptors (Lipinski definition) is 3. The summed E-state index contributed by atoms with van der Waals surface area (Å²) in [6, 6.07) is 19.3. The van der Waals surface area contributed by atoms with Crippen molar-refractivity contribution in [2.45, 2.75) is 0 Å². The summed E-state index contributed by atoms with van der Waals surface area (Å²) in [6.07, 6.45) is 0. The highest BCUT2D eigenvalue weighted by atomic mass is 35.5. The Balaban J connectivity index is 1.69. The summed E-state index contributed by atoms with van der Waals surface area (Å²) in [5.41, 5.74) is 0.635. The highest BCUT2D eigenvalue weighted by Crippen LogP contribution is 2.21. The maximum absolute atomic E-state index is 12.4. The zero-order valence-corrected chi connectivity index (χ0v) is 13.7. The predicted octanol–water partition coefficient (Wildman–Crippen LogP) is 4.85. The molecule has 122 valence electrons. The molecule has 5 heteroatoms. The third-order valence-corrected chi connectivity index (χ3v) is 4.16. The molecule has 4 rings (SSSR count). The molecule has 1 aromatic heterocycles. The second-order valence-electron chi connectivity index (χ2n) is 5.63. The summed E-state index contributed by atoms with van der Waals surface area (Å²) < 4.78 is 5.55. The SMILES string of the molecule is O=C(Nc1ccc2ccccc2c1)c1cc(=O)c2cc(Cl)ccc2o1. The van der Waals surface area contributed by atoms with E-state index < -0.39 is 5.91 Å². The highest BCUT2D eigenvalue weighted by Gasteiger charge is 2.13. The van der Waals surface area contributed by atoms with Crippen molar-refractivity contribution in [3.63, 3.8) is 0 Å². The molecule has 0 atom stereocenters. The molecule has 3 aromatic carbocycles. The van der Waals surface area contributed by atoms with E-state index in [2.05, 4.69) is 5.32 Å². The molecule has 0 aliphatic rings. The zero-order valence-electron chi connectivity index (χ0n) is 13.0. The van der Waals surface area contributed by atoms with Crippen LogP contribution in [-0.2, 0) is 0 Å². The van der Waals surface area contributed by atoms with Gasteiger partial charge in [0, 0.05) is 16.8 Å². The van der Waals surface area contributed by atoms with Crippen molar-refractivity contribution in [1.29, 1.82) is 0 Å². The Morgan fingerprint density at radius 2 is 1.72 bits per heavy atom. The second kappa shape index (κ2) is 6.07. The van der Waals surface area contributed by atoms with Gasteiger partial charge in [0.25, 0.3) is 5.91 Å². The van der Waals surface area contributed by atoms with Crippen molar-refractivity contribution in [3.8, 4) is 0 Å². The van der Waals surface area contributed by atoms with E-state index >= 15 is 0 Å². The summed E-state index contributed by atoms with van der Waals surface area (Å²) in [4.78, 5) is 24.6. The molecular weight excluding hydrogens is 338 g/mol. The molecule has 0 saturated heterocycles. The first kappa shape index (κ1) is 15.4. The van der Waals surface area contributed by atoms with Crippen LogP contribution in [-0.4, -0.2) is 5.91 Å². The van der Waals surface area contributed by atoms with Gasteiger partial charge in [-0.2, -0.15) is 0 Å². The van der Waals surface area contributed by atoms with Gasteiger partial charge < -0.3 is 9.73 Å². The molecule has 25 heavy (non-hydrogen) atoms. The van der Waals surface area contributed by atoms with Gasteiger partial charge >= 0.3 is 0 Å². The van der Waals surface area contributed by atoms with Gasteiger partial charge in [-0.1, -0.05) is 41.9 Å². The van der Waals surface area contributed by atoms with E-state index in [1.54, 1.807) is 18.2 Å². The topological polar surface area (TPSA) is 59.3 Å². The largest absolute Gasteiger partial charge is 0.451 e. The molecule has 0 radical (unpaired) electrons. The van der Waals surface area contributed by atoms with Crippen LogP contribution in [0.25, 0.3) is 21.7 Å². The van der Waals surface area contributed by atoms with Crippen molar-refractivity contribution in [1.82, 2.24) is 0 Å². The lowest BCUT2D eigenvalue weighted by Gasteiger charge is -2.07. The van der Waals surface area contributed by atoms with Gasteiger partial charge in [-0.25, -0.2) is 0 Å². The first-order chi connectivity index (χ1) is 12.1. The number of rotatable bonds is 2.